The molecule has 0 aliphatic heterocycles. The molecule has 19 heavy (non-hydrogen) atoms. The molecule has 0 saturated carbocycles. The molecule has 0 atom stereocenters. The molecule has 0 fully saturated rings. The summed E-state index contributed by atoms with van der Waals surface area (Å²) in [6.07, 6.45) is 0.0319. The third kappa shape index (κ3) is 3.96. The van der Waals surface area contributed by atoms with Gasteiger partial charge in [0.05, 0.1) is 16.6 Å². The Morgan fingerprint density at radius 1 is 1.58 bits per heavy atom. The van der Waals surface area contributed by atoms with Crippen molar-refractivity contribution < 1.29 is 9.72 Å². The number of nitriles is 1. The summed E-state index contributed by atoms with van der Waals surface area (Å²) in [5.74, 6) is -0.506. The molecule has 0 spiro atoms. The topological polar surface area (TPSA) is 122 Å². The minimum absolute atomic E-state index is 0.0319. The predicted octanol–water partition coefficient (Wildman–Crippen LogP) is 1.53. The van der Waals surface area contributed by atoms with Gasteiger partial charge < -0.3 is 11.1 Å². The van der Waals surface area contributed by atoms with Gasteiger partial charge in [-0.05, 0) is 26.0 Å². The van der Waals surface area contributed by atoms with E-state index in [2.05, 4.69) is 5.32 Å². The van der Waals surface area contributed by atoms with E-state index in [1.807, 2.05) is 6.07 Å². The molecular formula is C12H14N4O3. The van der Waals surface area contributed by atoms with Gasteiger partial charge in [-0.1, -0.05) is 0 Å². The van der Waals surface area contributed by atoms with E-state index in [4.69, 9.17) is 11.0 Å². The molecule has 3 N–H and O–H groups in total. The van der Waals surface area contributed by atoms with Crippen LogP contribution in [0.2, 0.25) is 0 Å². The second-order valence-electron chi connectivity index (χ2n) is 4.75. The number of nitro groups is 1. The maximum atomic E-state index is 11.0. The normalized spacial score (nSPS) is 10.6. The summed E-state index contributed by atoms with van der Waals surface area (Å²) >= 11 is 0. The number of nitrogens with one attached hydrogen (secondary N) is 1. The third-order valence-corrected chi connectivity index (χ3v) is 2.41. The molecular weight excluding hydrogens is 248 g/mol. The van der Waals surface area contributed by atoms with E-state index in [9.17, 15) is 14.9 Å². The molecule has 1 rings (SSSR count). The number of nitro benzene ring substituents is 1. The Kier molecular flexibility index (Phi) is 4.07. The Bertz CT molecular complexity index is 561. The van der Waals surface area contributed by atoms with Crippen LogP contribution in [0.5, 0.6) is 0 Å². The van der Waals surface area contributed by atoms with Gasteiger partial charge in [0.2, 0.25) is 5.91 Å². The molecule has 0 aliphatic rings. The second kappa shape index (κ2) is 5.35. The average Bonchev–Trinajstić information content (AvgIpc) is 2.26. The summed E-state index contributed by atoms with van der Waals surface area (Å²) in [4.78, 5) is 21.3. The highest BCUT2D eigenvalue weighted by atomic mass is 16.6. The molecule has 1 aromatic rings. The van der Waals surface area contributed by atoms with Crippen LogP contribution in [0.4, 0.5) is 11.4 Å². The van der Waals surface area contributed by atoms with Crippen molar-refractivity contribution >= 4 is 17.3 Å². The van der Waals surface area contributed by atoms with Gasteiger partial charge in [0.25, 0.3) is 5.69 Å². The number of hydrogen-bond acceptors (Lipinski definition) is 5. The number of carbonyl (C=O) groups is 1. The van der Waals surface area contributed by atoms with Crippen molar-refractivity contribution in [2.24, 2.45) is 5.73 Å². The highest BCUT2D eigenvalue weighted by Crippen LogP contribution is 2.28. The number of nitrogens with two attached hydrogens (primary N) is 1. The van der Waals surface area contributed by atoms with E-state index in [0.717, 1.165) is 0 Å². The highest BCUT2D eigenvalue weighted by Gasteiger charge is 2.24. The van der Waals surface area contributed by atoms with Crippen LogP contribution in [0.15, 0.2) is 18.2 Å². The zero-order chi connectivity index (χ0) is 14.6. The summed E-state index contributed by atoms with van der Waals surface area (Å²) in [7, 11) is 0. The Labute approximate surface area is 110 Å². The highest BCUT2D eigenvalue weighted by molar-refractivity contribution is 5.76. The molecule has 0 unspecified atom stereocenters. The Morgan fingerprint density at radius 3 is 2.68 bits per heavy atom. The molecule has 0 radical (unpaired) electrons. The van der Waals surface area contributed by atoms with Gasteiger partial charge in [-0.15, -0.1) is 0 Å². The molecule has 100 valence electrons. The number of anilines is 1. The summed E-state index contributed by atoms with van der Waals surface area (Å²) in [5, 5.41) is 22.6. The fourth-order valence-corrected chi connectivity index (χ4v) is 1.70. The van der Waals surface area contributed by atoms with Crippen molar-refractivity contribution in [1.29, 1.82) is 5.26 Å². The zero-order valence-corrected chi connectivity index (χ0v) is 10.6. The standard InChI is InChI=1S/C12H14N4O3/c1-12(2,6-11(14)17)15-9-4-3-8(7-13)5-10(9)16(18)19/h3-5,15H,6H2,1-2H3,(H2,14,17). The van der Waals surface area contributed by atoms with Crippen LogP contribution in [-0.2, 0) is 4.79 Å². The van der Waals surface area contributed by atoms with E-state index in [0.29, 0.717) is 0 Å². The number of carbonyl (C=O) groups excluding carboxylic acids is 1. The molecule has 0 aliphatic carbocycles. The fourth-order valence-electron chi connectivity index (χ4n) is 1.70. The number of hydrogen-bond donors (Lipinski definition) is 2. The molecule has 1 aromatic carbocycles. The largest absolute Gasteiger partial charge is 0.374 e. The molecule has 7 heteroatoms. The lowest BCUT2D eigenvalue weighted by atomic mass is 9.99. The van der Waals surface area contributed by atoms with Crippen LogP contribution in [0.1, 0.15) is 25.8 Å². The Hall–Kier alpha value is -2.62. The average molecular weight is 262 g/mol. The van der Waals surface area contributed by atoms with Crippen molar-refractivity contribution in [2.45, 2.75) is 25.8 Å². The SMILES string of the molecule is CC(C)(CC(N)=O)Nc1ccc(C#N)cc1[N+](=O)[O-]. The first-order valence-corrected chi connectivity index (χ1v) is 5.50. The van der Waals surface area contributed by atoms with E-state index in [1.165, 1.54) is 18.2 Å². The van der Waals surface area contributed by atoms with Crippen LogP contribution in [-0.4, -0.2) is 16.4 Å². The lowest BCUT2D eigenvalue weighted by Gasteiger charge is -2.25. The first-order chi connectivity index (χ1) is 8.75. The van der Waals surface area contributed by atoms with Gasteiger partial charge >= 0.3 is 0 Å². The monoisotopic (exact) mass is 262 g/mol. The maximum absolute atomic E-state index is 11.0. The summed E-state index contributed by atoms with van der Waals surface area (Å²) in [6, 6.07) is 5.93. The van der Waals surface area contributed by atoms with E-state index >= 15 is 0 Å². The lowest BCUT2D eigenvalue weighted by Crippen LogP contribution is -2.36. The van der Waals surface area contributed by atoms with E-state index in [-0.39, 0.29) is 23.4 Å². The number of nitrogens with zero attached hydrogens (tertiary/aromatic N) is 2. The molecule has 0 bridgehead atoms. The van der Waals surface area contributed by atoms with Crippen LogP contribution >= 0.6 is 0 Å². The number of primary amides is 1. The predicted molar refractivity (Wildman–Crippen MR) is 69.3 cm³/mol. The Balaban J connectivity index is 3.11. The Morgan fingerprint density at radius 2 is 2.21 bits per heavy atom. The van der Waals surface area contributed by atoms with Gasteiger partial charge in [0, 0.05) is 18.0 Å². The second-order valence-corrected chi connectivity index (χ2v) is 4.75. The zero-order valence-electron chi connectivity index (χ0n) is 10.6. The molecule has 0 heterocycles. The summed E-state index contributed by atoms with van der Waals surface area (Å²) < 4.78 is 0. The molecule has 0 aromatic heterocycles. The smallest absolute Gasteiger partial charge is 0.293 e. The minimum atomic E-state index is -0.718. The van der Waals surface area contributed by atoms with Gasteiger partial charge in [-0.25, -0.2) is 0 Å². The first-order valence-electron chi connectivity index (χ1n) is 5.50. The summed E-state index contributed by atoms with van der Waals surface area (Å²) in [6.45, 7) is 3.42. The van der Waals surface area contributed by atoms with Gasteiger partial charge in [0.1, 0.15) is 5.69 Å². The first kappa shape index (κ1) is 14.4. The van der Waals surface area contributed by atoms with Crippen LogP contribution in [0, 0.1) is 21.4 Å². The van der Waals surface area contributed by atoms with Crippen molar-refractivity contribution in [3.05, 3.63) is 33.9 Å². The fraction of sp³-hybridized carbons (Fsp3) is 0.333. The van der Waals surface area contributed by atoms with Gasteiger partial charge in [0.15, 0.2) is 0 Å². The summed E-state index contributed by atoms with van der Waals surface area (Å²) in [5.41, 5.74) is 4.64. The molecule has 0 saturated heterocycles. The molecule has 1 amide bonds. The number of rotatable bonds is 5. The minimum Gasteiger partial charge on any atom is -0.374 e. The number of amides is 1. The van der Waals surface area contributed by atoms with E-state index < -0.39 is 16.4 Å². The van der Waals surface area contributed by atoms with Gasteiger partial charge in [-0.2, -0.15) is 5.26 Å². The van der Waals surface area contributed by atoms with E-state index in [1.54, 1.807) is 13.8 Å². The third-order valence-electron chi connectivity index (χ3n) is 2.41. The van der Waals surface area contributed by atoms with Crippen molar-refractivity contribution in [3.8, 4) is 6.07 Å². The van der Waals surface area contributed by atoms with Crippen LogP contribution in [0.25, 0.3) is 0 Å². The number of benzene rings is 1. The quantitative estimate of drug-likeness (QED) is 0.615. The van der Waals surface area contributed by atoms with Gasteiger partial charge in [-0.3, -0.25) is 14.9 Å². The van der Waals surface area contributed by atoms with Crippen molar-refractivity contribution in [1.82, 2.24) is 0 Å². The molecule has 7 nitrogen and oxygen atoms in total. The lowest BCUT2D eigenvalue weighted by molar-refractivity contribution is -0.384. The van der Waals surface area contributed by atoms with Crippen molar-refractivity contribution in [3.63, 3.8) is 0 Å². The van der Waals surface area contributed by atoms with Crippen LogP contribution < -0.4 is 11.1 Å². The van der Waals surface area contributed by atoms with Crippen molar-refractivity contribution in [2.75, 3.05) is 5.32 Å². The maximum Gasteiger partial charge on any atom is 0.293 e. The van der Waals surface area contributed by atoms with Crippen LogP contribution in [0.3, 0.4) is 0 Å².